The number of hydrogen-bond donors (Lipinski definition) is 1. The Labute approximate surface area is 136 Å². The van der Waals surface area contributed by atoms with Crippen LogP contribution in [0.25, 0.3) is 0 Å². The molecule has 122 valence electrons. The van der Waals surface area contributed by atoms with Crippen LogP contribution in [0.3, 0.4) is 0 Å². The van der Waals surface area contributed by atoms with E-state index in [1.165, 1.54) is 5.57 Å². The minimum Gasteiger partial charge on any atom is -0.490 e. The van der Waals surface area contributed by atoms with Crippen molar-refractivity contribution in [3.8, 4) is 11.8 Å². The maximum Gasteiger partial charge on any atom is 0.252 e. The largest absolute Gasteiger partial charge is 0.490 e. The lowest BCUT2D eigenvalue weighted by Gasteiger charge is -2.31. The van der Waals surface area contributed by atoms with Crippen LogP contribution in [0.4, 0.5) is 0 Å². The Morgan fingerprint density at radius 3 is 2.83 bits per heavy atom. The van der Waals surface area contributed by atoms with Crippen molar-refractivity contribution in [2.75, 3.05) is 19.8 Å². The van der Waals surface area contributed by atoms with Crippen molar-refractivity contribution in [1.29, 1.82) is 5.26 Å². The molecule has 5 nitrogen and oxygen atoms in total. The molecule has 0 saturated carbocycles. The maximum absolute atomic E-state index is 12.4. The second-order valence-electron chi connectivity index (χ2n) is 5.88. The van der Waals surface area contributed by atoms with Crippen molar-refractivity contribution in [3.63, 3.8) is 0 Å². The SMILES string of the molecule is CC(C)=CCOc1cccc(C(=O)NC2(C#N)CCOCC2)c1. The van der Waals surface area contributed by atoms with Crippen LogP contribution in [-0.2, 0) is 4.74 Å². The van der Waals surface area contributed by atoms with E-state index < -0.39 is 5.54 Å². The molecule has 2 rings (SSSR count). The van der Waals surface area contributed by atoms with E-state index in [0.29, 0.717) is 44.0 Å². The fourth-order valence-corrected chi connectivity index (χ4v) is 2.31. The molecular weight excluding hydrogens is 292 g/mol. The van der Waals surface area contributed by atoms with Gasteiger partial charge < -0.3 is 14.8 Å². The molecule has 0 radical (unpaired) electrons. The summed E-state index contributed by atoms with van der Waals surface area (Å²) in [6.45, 7) is 5.44. The lowest BCUT2D eigenvalue weighted by atomic mass is 9.91. The Kier molecular flexibility index (Phi) is 5.78. The summed E-state index contributed by atoms with van der Waals surface area (Å²) < 4.78 is 10.9. The Balaban J connectivity index is 2.04. The van der Waals surface area contributed by atoms with E-state index in [-0.39, 0.29) is 5.91 Å². The monoisotopic (exact) mass is 314 g/mol. The van der Waals surface area contributed by atoms with Crippen LogP contribution in [0.15, 0.2) is 35.9 Å². The number of nitriles is 1. The van der Waals surface area contributed by atoms with Crippen molar-refractivity contribution in [2.24, 2.45) is 0 Å². The van der Waals surface area contributed by atoms with Crippen molar-refractivity contribution in [3.05, 3.63) is 41.5 Å². The van der Waals surface area contributed by atoms with E-state index in [9.17, 15) is 10.1 Å². The molecule has 1 saturated heterocycles. The van der Waals surface area contributed by atoms with Crippen LogP contribution in [0.1, 0.15) is 37.0 Å². The second kappa shape index (κ2) is 7.80. The molecule has 1 N–H and O–H groups in total. The molecule has 23 heavy (non-hydrogen) atoms. The van der Waals surface area contributed by atoms with E-state index in [1.807, 2.05) is 26.0 Å². The molecule has 1 aliphatic rings. The van der Waals surface area contributed by atoms with Gasteiger partial charge in [0.15, 0.2) is 0 Å². The summed E-state index contributed by atoms with van der Waals surface area (Å²) >= 11 is 0. The smallest absolute Gasteiger partial charge is 0.252 e. The standard InChI is InChI=1S/C18H22N2O3/c1-14(2)6-9-23-16-5-3-4-15(12-16)17(21)20-18(13-19)7-10-22-11-8-18/h3-6,12H,7-11H2,1-2H3,(H,20,21). The minimum absolute atomic E-state index is 0.263. The highest BCUT2D eigenvalue weighted by Crippen LogP contribution is 2.21. The van der Waals surface area contributed by atoms with E-state index >= 15 is 0 Å². The van der Waals surface area contributed by atoms with E-state index in [1.54, 1.807) is 18.2 Å². The van der Waals surface area contributed by atoms with Crippen molar-refractivity contribution < 1.29 is 14.3 Å². The Morgan fingerprint density at radius 1 is 1.43 bits per heavy atom. The number of nitrogens with one attached hydrogen (secondary N) is 1. The van der Waals surface area contributed by atoms with Gasteiger partial charge in [0.25, 0.3) is 5.91 Å². The van der Waals surface area contributed by atoms with Crippen LogP contribution < -0.4 is 10.1 Å². The molecule has 0 atom stereocenters. The van der Waals surface area contributed by atoms with Gasteiger partial charge >= 0.3 is 0 Å². The Hall–Kier alpha value is -2.32. The molecule has 0 unspecified atom stereocenters. The molecular formula is C18H22N2O3. The van der Waals surface area contributed by atoms with Gasteiger partial charge in [0.05, 0.1) is 6.07 Å². The zero-order valence-corrected chi connectivity index (χ0v) is 13.6. The molecule has 1 heterocycles. The molecule has 5 heteroatoms. The summed E-state index contributed by atoms with van der Waals surface area (Å²) in [5.74, 6) is 0.370. The first-order valence-electron chi connectivity index (χ1n) is 7.72. The molecule has 0 aliphatic carbocycles. The number of nitrogens with zero attached hydrogens (tertiary/aromatic N) is 1. The zero-order chi connectivity index (χ0) is 16.7. The summed E-state index contributed by atoms with van der Waals surface area (Å²) in [6.07, 6.45) is 2.98. The van der Waals surface area contributed by atoms with Gasteiger partial charge in [-0.25, -0.2) is 0 Å². The topological polar surface area (TPSA) is 71.3 Å². The van der Waals surface area contributed by atoms with E-state index in [0.717, 1.165) is 0 Å². The molecule has 1 amide bonds. The van der Waals surface area contributed by atoms with Gasteiger partial charge in [-0.15, -0.1) is 0 Å². The molecule has 1 aliphatic heterocycles. The van der Waals surface area contributed by atoms with Gasteiger partial charge in [0.2, 0.25) is 0 Å². The quantitative estimate of drug-likeness (QED) is 0.848. The third-order valence-electron chi connectivity index (χ3n) is 3.75. The van der Waals surface area contributed by atoms with E-state index in [2.05, 4.69) is 11.4 Å². The number of hydrogen-bond acceptors (Lipinski definition) is 4. The fourth-order valence-electron chi connectivity index (χ4n) is 2.31. The number of rotatable bonds is 5. The number of carbonyl (C=O) groups excluding carboxylic acids is 1. The van der Waals surface area contributed by atoms with Gasteiger partial charge in [0, 0.05) is 31.6 Å². The maximum atomic E-state index is 12.4. The Bertz CT molecular complexity index is 621. The zero-order valence-electron chi connectivity index (χ0n) is 13.6. The predicted octanol–water partition coefficient (Wildman–Crippen LogP) is 2.83. The van der Waals surface area contributed by atoms with Crippen LogP contribution in [0.2, 0.25) is 0 Å². The molecule has 1 fully saturated rings. The molecule has 0 aromatic heterocycles. The predicted molar refractivity (Wildman–Crippen MR) is 87.2 cm³/mol. The normalized spacial score (nSPS) is 16.0. The molecule has 1 aromatic carbocycles. The number of ether oxygens (including phenoxy) is 2. The average Bonchev–Trinajstić information content (AvgIpc) is 2.55. The minimum atomic E-state index is -0.839. The number of amides is 1. The highest BCUT2D eigenvalue weighted by molar-refractivity contribution is 5.95. The van der Waals surface area contributed by atoms with Crippen LogP contribution >= 0.6 is 0 Å². The summed E-state index contributed by atoms with van der Waals surface area (Å²) in [6, 6.07) is 9.22. The van der Waals surface area contributed by atoms with Gasteiger partial charge in [-0.2, -0.15) is 5.26 Å². The molecule has 0 bridgehead atoms. The second-order valence-corrected chi connectivity index (χ2v) is 5.88. The van der Waals surface area contributed by atoms with Crippen LogP contribution in [0, 0.1) is 11.3 Å². The van der Waals surface area contributed by atoms with Gasteiger partial charge in [-0.1, -0.05) is 11.6 Å². The fraction of sp³-hybridized carbons (Fsp3) is 0.444. The van der Waals surface area contributed by atoms with E-state index in [4.69, 9.17) is 9.47 Å². The summed E-state index contributed by atoms with van der Waals surface area (Å²) in [5.41, 5.74) is 0.823. The summed E-state index contributed by atoms with van der Waals surface area (Å²) in [4.78, 5) is 12.4. The molecule has 1 aromatic rings. The number of benzene rings is 1. The highest BCUT2D eigenvalue weighted by Gasteiger charge is 2.34. The first-order chi connectivity index (χ1) is 11.0. The van der Waals surface area contributed by atoms with Crippen LogP contribution in [-0.4, -0.2) is 31.3 Å². The average molecular weight is 314 g/mol. The summed E-state index contributed by atoms with van der Waals surface area (Å²) in [5, 5.41) is 12.3. The number of allylic oxidation sites excluding steroid dienone is 1. The first-order valence-corrected chi connectivity index (χ1v) is 7.72. The Morgan fingerprint density at radius 2 is 2.17 bits per heavy atom. The lowest BCUT2D eigenvalue weighted by molar-refractivity contribution is 0.0531. The third kappa shape index (κ3) is 4.83. The van der Waals surface area contributed by atoms with Crippen LogP contribution in [0.5, 0.6) is 5.75 Å². The van der Waals surface area contributed by atoms with Gasteiger partial charge in [-0.05, 0) is 38.1 Å². The van der Waals surface area contributed by atoms with Crippen molar-refractivity contribution in [2.45, 2.75) is 32.2 Å². The molecule has 0 spiro atoms. The first kappa shape index (κ1) is 17.0. The van der Waals surface area contributed by atoms with Crippen molar-refractivity contribution >= 4 is 5.91 Å². The van der Waals surface area contributed by atoms with Crippen molar-refractivity contribution in [1.82, 2.24) is 5.32 Å². The lowest BCUT2D eigenvalue weighted by Crippen LogP contribution is -2.50. The third-order valence-corrected chi connectivity index (χ3v) is 3.75. The highest BCUT2D eigenvalue weighted by atomic mass is 16.5. The van der Waals surface area contributed by atoms with Gasteiger partial charge in [0.1, 0.15) is 17.9 Å². The number of carbonyl (C=O) groups is 1. The van der Waals surface area contributed by atoms with Gasteiger partial charge in [-0.3, -0.25) is 4.79 Å². The summed E-state index contributed by atoms with van der Waals surface area (Å²) in [7, 11) is 0.